The summed E-state index contributed by atoms with van der Waals surface area (Å²) in [5.41, 5.74) is 2.77. The van der Waals surface area contributed by atoms with Crippen LogP contribution in [0.5, 0.6) is 5.75 Å². The Morgan fingerprint density at radius 2 is 1.85 bits per heavy atom. The van der Waals surface area contributed by atoms with Gasteiger partial charge in [0.1, 0.15) is 12.4 Å². The topological polar surface area (TPSA) is 49.4 Å². The molecule has 138 valence electrons. The predicted octanol–water partition coefficient (Wildman–Crippen LogP) is 0.987. The van der Waals surface area contributed by atoms with Crippen molar-refractivity contribution >= 4 is 5.97 Å². The van der Waals surface area contributed by atoms with Crippen molar-refractivity contribution in [2.24, 2.45) is 5.41 Å². The molecule has 1 atom stereocenters. The van der Waals surface area contributed by atoms with Crippen molar-refractivity contribution in [1.29, 1.82) is 0 Å². The Morgan fingerprint density at radius 3 is 2.48 bits per heavy atom. The van der Waals surface area contributed by atoms with E-state index in [2.05, 4.69) is 17.9 Å². The summed E-state index contributed by atoms with van der Waals surface area (Å²) in [5, 5.41) is 10.9. The van der Waals surface area contributed by atoms with Gasteiger partial charge in [-0.05, 0) is 67.7 Å². The van der Waals surface area contributed by atoms with E-state index in [-0.39, 0.29) is 41.9 Å². The zero-order chi connectivity index (χ0) is 18.4. The van der Waals surface area contributed by atoms with E-state index in [1.54, 1.807) is 6.92 Å². The molecule has 1 aromatic carbocycles. The number of rotatable bonds is 6. The quantitative estimate of drug-likeness (QED) is 0.424. The van der Waals surface area contributed by atoms with Gasteiger partial charge in [0.2, 0.25) is 0 Å². The molecule has 0 aromatic heterocycles. The van der Waals surface area contributed by atoms with Gasteiger partial charge in [0.15, 0.2) is 0 Å². The van der Waals surface area contributed by atoms with Crippen molar-refractivity contribution in [2.75, 3.05) is 6.61 Å². The summed E-state index contributed by atoms with van der Waals surface area (Å²) in [6.07, 6.45) is 11.6. The molecule has 0 amide bonds. The minimum atomic E-state index is -1.08. The molecule has 0 saturated heterocycles. The second-order valence-corrected chi connectivity index (χ2v) is 7.61. The molecule has 1 spiro atoms. The second kappa shape index (κ2) is 10.4. The van der Waals surface area contributed by atoms with E-state index in [9.17, 15) is 9.90 Å². The number of hydrogen-bond donors (Lipinski definition) is 0. The normalized spacial score (nSPS) is 18.6. The van der Waals surface area contributed by atoms with Crippen LogP contribution < -0.4 is 39.4 Å². The average molecular weight is 374 g/mol. The molecule has 3 nitrogen and oxygen atoms in total. The largest absolute Gasteiger partial charge is 1.00 e. The molecule has 0 bridgehead atoms. The molecule has 0 unspecified atom stereocenters. The number of carbonyl (C=O) groups excluding carboxylic acids is 1. The maximum Gasteiger partial charge on any atom is 1.00 e. The molecule has 0 N–H and O–H groups in total. The van der Waals surface area contributed by atoms with Crippen LogP contribution in [-0.2, 0) is 4.79 Å². The van der Waals surface area contributed by atoms with E-state index in [0.717, 1.165) is 17.7 Å². The summed E-state index contributed by atoms with van der Waals surface area (Å²) in [6, 6.07) is 7.62. The molecule has 27 heavy (non-hydrogen) atoms. The molecule has 0 aliphatic heterocycles. The summed E-state index contributed by atoms with van der Waals surface area (Å²) >= 11 is 0. The van der Waals surface area contributed by atoms with Crippen LogP contribution in [-0.4, -0.2) is 12.6 Å². The predicted molar refractivity (Wildman–Crippen MR) is 101 cm³/mol. The van der Waals surface area contributed by atoms with Crippen molar-refractivity contribution in [3.05, 3.63) is 41.5 Å². The van der Waals surface area contributed by atoms with E-state index in [0.29, 0.717) is 12.0 Å². The Hall–Kier alpha value is -1.21. The van der Waals surface area contributed by atoms with Gasteiger partial charge in [0, 0.05) is 12.4 Å². The number of aliphatic carboxylic acids is 1. The molecule has 2 aliphatic carbocycles. The van der Waals surface area contributed by atoms with Crippen LogP contribution in [0.3, 0.4) is 0 Å². The minimum Gasteiger partial charge on any atom is -0.550 e. The molecule has 1 aromatic rings. The Morgan fingerprint density at radius 1 is 1.19 bits per heavy atom. The van der Waals surface area contributed by atoms with Gasteiger partial charge in [-0.3, -0.25) is 0 Å². The SMILES string of the molecule is CC#C[C@@H](CC(=O)[O-])c1ccc(OCC2=CC3(CCCC3)CCC2)cc1.[Na+]. The standard InChI is InChI=1S/C23H28O3.Na/c1-2-6-20(15-22(24)25)19-8-10-21(11-9-19)26-17-18-7-5-14-23(16-18)12-3-4-13-23;/h8-11,16,20H,3-5,7,12-15,17H2,1H3,(H,24,25);/q;+1/p-1/t20-;/m0./s1. The van der Waals surface area contributed by atoms with Crippen molar-refractivity contribution in [1.82, 2.24) is 0 Å². The third-order valence-corrected chi connectivity index (χ3v) is 5.68. The number of carbonyl (C=O) groups is 1. The molecule has 0 radical (unpaired) electrons. The van der Waals surface area contributed by atoms with E-state index < -0.39 is 5.97 Å². The number of benzene rings is 1. The van der Waals surface area contributed by atoms with Gasteiger partial charge in [0.05, 0.1) is 5.92 Å². The zero-order valence-electron chi connectivity index (χ0n) is 16.6. The monoisotopic (exact) mass is 374 g/mol. The van der Waals surface area contributed by atoms with Gasteiger partial charge in [-0.15, -0.1) is 5.92 Å². The Labute approximate surface area is 184 Å². The average Bonchev–Trinajstić information content (AvgIpc) is 3.07. The molecule has 1 fully saturated rings. The van der Waals surface area contributed by atoms with Crippen LogP contribution in [0.15, 0.2) is 35.9 Å². The van der Waals surface area contributed by atoms with E-state index in [1.165, 1.54) is 44.1 Å². The zero-order valence-corrected chi connectivity index (χ0v) is 18.6. The Kier molecular flexibility index (Phi) is 8.48. The fourth-order valence-corrected chi connectivity index (χ4v) is 4.40. The van der Waals surface area contributed by atoms with Gasteiger partial charge in [0.25, 0.3) is 0 Å². The molecule has 1 saturated carbocycles. The van der Waals surface area contributed by atoms with E-state index in [1.807, 2.05) is 24.3 Å². The molecule has 0 heterocycles. The summed E-state index contributed by atoms with van der Waals surface area (Å²) in [5.74, 6) is 5.14. The smallest absolute Gasteiger partial charge is 0.550 e. The van der Waals surface area contributed by atoms with Crippen LogP contribution in [0.4, 0.5) is 0 Å². The fourth-order valence-electron chi connectivity index (χ4n) is 4.40. The van der Waals surface area contributed by atoms with Crippen LogP contribution in [0.2, 0.25) is 0 Å². The van der Waals surface area contributed by atoms with Crippen LogP contribution in [0, 0.1) is 17.3 Å². The van der Waals surface area contributed by atoms with Crippen LogP contribution >= 0.6 is 0 Å². The van der Waals surface area contributed by atoms with Crippen LogP contribution in [0.1, 0.15) is 69.8 Å². The number of allylic oxidation sites excluding steroid dienone is 1. The first-order chi connectivity index (χ1) is 12.6. The van der Waals surface area contributed by atoms with E-state index in [4.69, 9.17) is 4.74 Å². The van der Waals surface area contributed by atoms with Gasteiger partial charge < -0.3 is 14.6 Å². The number of carboxylic acids is 1. The molecule has 2 aliphatic rings. The summed E-state index contributed by atoms with van der Waals surface area (Å²) in [7, 11) is 0. The third kappa shape index (κ3) is 6.14. The van der Waals surface area contributed by atoms with Crippen LogP contribution in [0.25, 0.3) is 0 Å². The van der Waals surface area contributed by atoms with Gasteiger partial charge >= 0.3 is 29.6 Å². The van der Waals surface area contributed by atoms with Gasteiger partial charge in [-0.2, -0.15) is 0 Å². The maximum absolute atomic E-state index is 10.9. The van der Waals surface area contributed by atoms with Crippen molar-refractivity contribution in [3.63, 3.8) is 0 Å². The molecular weight excluding hydrogens is 347 g/mol. The van der Waals surface area contributed by atoms with Crippen molar-refractivity contribution in [3.8, 4) is 17.6 Å². The second-order valence-electron chi connectivity index (χ2n) is 7.61. The summed E-state index contributed by atoms with van der Waals surface area (Å²) in [4.78, 5) is 10.9. The van der Waals surface area contributed by atoms with Crippen molar-refractivity contribution in [2.45, 2.75) is 64.2 Å². The third-order valence-electron chi connectivity index (χ3n) is 5.68. The number of ether oxygens (including phenoxy) is 1. The van der Waals surface area contributed by atoms with Crippen molar-refractivity contribution < 1.29 is 44.2 Å². The van der Waals surface area contributed by atoms with Gasteiger partial charge in [-0.1, -0.05) is 37.0 Å². The number of hydrogen-bond acceptors (Lipinski definition) is 3. The fraction of sp³-hybridized carbons (Fsp3) is 0.522. The minimum absolute atomic E-state index is 0. The number of carboxylic acid groups (broad SMARTS) is 1. The summed E-state index contributed by atoms with van der Waals surface area (Å²) in [6.45, 7) is 2.37. The molecule has 3 rings (SSSR count). The van der Waals surface area contributed by atoms with Gasteiger partial charge in [-0.25, -0.2) is 0 Å². The first-order valence-electron chi connectivity index (χ1n) is 9.66. The molecule has 4 heteroatoms. The summed E-state index contributed by atoms with van der Waals surface area (Å²) < 4.78 is 5.99. The Bertz CT molecular complexity index is 718. The first-order valence-corrected chi connectivity index (χ1v) is 9.66. The van der Waals surface area contributed by atoms with E-state index >= 15 is 0 Å². The maximum atomic E-state index is 10.9. The first kappa shape index (κ1) is 22.1. The Balaban J connectivity index is 0.00000261. The molecular formula is C23H27NaO3.